The number of carboxylic acids is 1. The van der Waals surface area contributed by atoms with Crippen LogP contribution in [-0.4, -0.2) is 59.1 Å². The summed E-state index contributed by atoms with van der Waals surface area (Å²) in [5.41, 5.74) is 2.29. The number of thioether (sulfide) groups is 1. The number of fused-ring (bicyclic) bond motifs is 1. The fourth-order valence-corrected chi connectivity index (χ4v) is 6.46. The number of thiophene rings is 1. The van der Waals surface area contributed by atoms with Gasteiger partial charge in [-0.2, -0.15) is 0 Å². The molecule has 0 bridgehead atoms. The molecule has 0 saturated carbocycles. The molecule has 2 amide bonds. The van der Waals surface area contributed by atoms with Gasteiger partial charge < -0.3 is 15.3 Å². The van der Waals surface area contributed by atoms with E-state index >= 15 is 0 Å². The van der Waals surface area contributed by atoms with Crippen LogP contribution < -0.4 is 14.8 Å². The molecule has 5 rings (SSSR count). The number of aliphatic carboxylic acids is 1. The summed E-state index contributed by atoms with van der Waals surface area (Å²) in [5.74, 6) is -0.896. The van der Waals surface area contributed by atoms with Crippen LogP contribution in [-0.2, 0) is 27.3 Å². The number of carboxylic acid groups (broad SMARTS) is 1. The molecule has 2 atom stereocenters. The zero-order chi connectivity index (χ0) is 27.5. The van der Waals surface area contributed by atoms with E-state index in [0.717, 1.165) is 10.6 Å². The Hall–Kier alpha value is -4.03. The van der Waals surface area contributed by atoms with E-state index in [1.54, 1.807) is 16.8 Å². The van der Waals surface area contributed by atoms with Gasteiger partial charge in [-0.25, -0.2) is 9.36 Å². The molecular weight excluding hydrogens is 536 g/mol. The van der Waals surface area contributed by atoms with Gasteiger partial charge in [0.2, 0.25) is 5.91 Å². The number of hydrogen-bond donors (Lipinski definition) is 2. The van der Waals surface area contributed by atoms with E-state index in [-0.39, 0.29) is 24.6 Å². The summed E-state index contributed by atoms with van der Waals surface area (Å²) in [6.07, 6.45) is 1.99. The predicted molar refractivity (Wildman–Crippen MR) is 149 cm³/mol. The molecule has 3 aromatic rings. The molecule has 2 aromatic heterocycles. The normalized spacial score (nSPS) is 18.6. The summed E-state index contributed by atoms with van der Waals surface area (Å²) in [6, 6.07) is 16.1. The van der Waals surface area contributed by atoms with Crippen molar-refractivity contribution in [3.05, 3.63) is 82.3 Å². The van der Waals surface area contributed by atoms with Crippen LogP contribution in [0.1, 0.15) is 4.88 Å². The molecule has 12 heteroatoms. The van der Waals surface area contributed by atoms with Crippen molar-refractivity contribution in [2.75, 3.05) is 24.7 Å². The number of amides is 2. The molecule has 2 aliphatic rings. The van der Waals surface area contributed by atoms with Crippen LogP contribution in [0.2, 0.25) is 0 Å². The molecule has 0 aliphatic carbocycles. The minimum absolute atomic E-state index is 0.0361. The van der Waals surface area contributed by atoms with E-state index in [9.17, 15) is 19.5 Å². The second kappa shape index (κ2) is 11.4. The highest BCUT2D eigenvalue weighted by Gasteiger charge is 2.54. The van der Waals surface area contributed by atoms with Crippen molar-refractivity contribution in [3.63, 3.8) is 0 Å². The lowest BCUT2D eigenvalue weighted by Gasteiger charge is -2.49. The van der Waals surface area contributed by atoms with Crippen molar-refractivity contribution < 1.29 is 24.1 Å². The summed E-state index contributed by atoms with van der Waals surface area (Å²) in [6.45, 7) is 0.231. The minimum Gasteiger partial charge on any atom is -0.477 e. The fraction of sp³-hybridized carbons (Fsp3) is 0.259. The molecule has 1 saturated heterocycles. The lowest BCUT2D eigenvalue weighted by atomic mass is 10.0. The van der Waals surface area contributed by atoms with Gasteiger partial charge in [0, 0.05) is 42.1 Å². The number of nitrogens with one attached hydrogen (secondary N) is 1. The smallest absolute Gasteiger partial charge is 0.352 e. The Bertz CT molecular complexity index is 1450. The third-order valence-electron chi connectivity index (χ3n) is 6.39. The zero-order valence-electron chi connectivity index (χ0n) is 21.4. The van der Waals surface area contributed by atoms with E-state index in [1.807, 2.05) is 72.9 Å². The standard InChI is InChI=1S/C27H26N6O4S2/c1-31(2)19-10-8-18(9-11-19)29-30-21-7-3-4-12-32(21)15-17-16-39-26-23(25(35)33(26)24(17)27(36)37)28-22(34)14-20-6-5-13-38-20/h3-13,23,26H,14-16H2,1-2H3,(H-,28,34,36,37)/p+1/t23-,26?/m1/s1. The molecule has 4 heterocycles. The largest absolute Gasteiger partial charge is 0.477 e. The lowest BCUT2D eigenvalue weighted by molar-refractivity contribution is -0.676. The second-order valence-electron chi connectivity index (χ2n) is 9.27. The first-order valence-electron chi connectivity index (χ1n) is 12.2. The van der Waals surface area contributed by atoms with Gasteiger partial charge in [0.1, 0.15) is 29.3 Å². The van der Waals surface area contributed by atoms with Crippen LogP contribution in [0.4, 0.5) is 17.2 Å². The van der Waals surface area contributed by atoms with Gasteiger partial charge in [0.05, 0.1) is 17.7 Å². The second-order valence-corrected chi connectivity index (χ2v) is 11.4. The van der Waals surface area contributed by atoms with Crippen LogP contribution in [0, 0.1) is 0 Å². The van der Waals surface area contributed by atoms with Gasteiger partial charge >= 0.3 is 11.8 Å². The lowest BCUT2D eigenvalue weighted by Crippen LogP contribution is -2.70. The van der Waals surface area contributed by atoms with Crippen molar-refractivity contribution in [1.82, 2.24) is 10.2 Å². The summed E-state index contributed by atoms with van der Waals surface area (Å²) < 4.78 is 1.81. The zero-order valence-corrected chi connectivity index (χ0v) is 23.0. The van der Waals surface area contributed by atoms with Gasteiger partial charge in [0.25, 0.3) is 5.91 Å². The van der Waals surface area contributed by atoms with Crippen molar-refractivity contribution in [2.24, 2.45) is 10.2 Å². The van der Waals surface area contributed by atoms with E-state index in [1.165, 1.54) is 28.0 Å². The molecule has 39 heavy (non-hydrogen) atoms. The summed E-state index contributed by atoms with van der Waals surface area (Å²) in [4.78, 5) is 42.0. The van der Waals surface area contributed by atoms with Gasteiger partial charge in [-0.15, -0.1) is 23.1 Å². The number of carbonyl (C=O) groups is 3. The molecular formula is C27H27N6O4S2+. The Labute approximate surface area is 233 Å². The molecule has 1 aromatic carbocycles. The molecule has 0 radical (unpaired) electrons. The number of rotatable bonds is 9. The highest BCUT2D eigenvalue weighted by molar-refractivity contribution is 8.00. The first-order valence-corrected chi connectivity index (χ1v) is 14.1. The highest BCUT2D eigenvalue weighted by atomic mass is 32.2. The number of pyridine rings is 1. The van der Waals surface area contributed by atoms with E-state index in [4.69, 9.17) is 0 Å². The van der Waals surface area contributed by atoms with Crippen LogP contribution in [0.5, 0.6) is 0 Å². The maximum atomic E-state index is 13.0. The first-order chi connectivity index (χ1) is 18.8. The van der Waals surface area contributed by atoms with Crippen LogP contribution >= 0.6 is 23.1 Å². The number of nitrogens with zero attached hydrogens (tertiary/aromatic N) is 5. The highest BCUT2D eigenvalue weighted by Crippen LogP contribution is 2.40. The Morgan fingerprint density at radius 3 is 2.62 bits per heavy atom. The predicted octanol–water partition coefficient (Wildman–Crippen LogP) is 3.50. The van der Waals surface area contributed by atoms with Crippen molar-refractivity contribution in [1.29, 1.82) is 0 Å². The number of anilines is 1. The maximum absolute atomic E-state index is 13.0. The van der Waals surface area contributed by atoms with Gasteiger partial charge in [-0.1, -0.05) is 12.1 Å². The van der Waals surface area contributed by atoms with Gasteiger partial charge in [-0.3, -0.25) is 14.5 Å². The average molecular weight is 564 g/mol. The Kier molecular flexibility index (Phi) is 7.75. The molecule has 1 fully saturated rings. The molecule has 10 nitrogen and oxygen atoms in total. The molecule has 1 unspecified atom stereocenters. The SMILES string of the molecule is CN(C)c1ccc(N=Nc2cccc[n+]2CC2=C(C(=O)O)N3C(=O)[C@@H](NC(=O)Cc4cccs4)C3SC2)cc1. The quantitative estimate of drug-likeness (QED) is 0.234. The van der Waals surface area contributed by atoms with Crippen molar-refractivity contribution in [3.8, 4) is 0 Å². The maximum Gasteiger partial charge on any atom is 0.352 e. The first kappa shape index (κ1) is 26.6. The molecule has 0 spiro atoms. The molecule has 200 valence electrons. The number of benzene rings is 1. The third kappa shape index (κ3) is 5.71. The summed E-state index contributed by atoms with van der Waals surface area (Å²) >= 11 is 2.92. The van der Waals surface area contributed by atoms with Crippen molar-refractivity contribution >= 4 is 58.1 Å². The average Bonchev–Trinajstić information content (AvgIpc) is 3.44. The Morgan fingerprint density at radius 2 is 1.92 bits per heavy atom. The van der Waals surface area contributed by atoms with Crippen LogP contribution in [0.25, 0.3) is 0 Å². The third-order valence-corrected chi connectivity index (χ3v) is 8.61. The van der Waals surface area contributed by atoms with Gasteiger partial charge in [-0.05, 0) is 46.9 Å². The van der Waals surface area contributed by atoms with Gasteiger partial charge in [0.15, 0.2) is 0 Å². The van der Waals surface area contributed by atoms with E-state index in [2.05, 4.69) is 15.5 Å². The molecule has 2 N–H and O–H groups in total. The monoisotopic (exact) mass is 563 g/mol. The number of azo groups is 1. The van der Waals surface area contributed by atoms with Crippen LogP contribution in [0.15, 0.2) is 87.7 Å². The minimum atomic E-state index is -1.17. The topological polar surface area (TPSA) is 119 Å². The Balaban J connectivity index is 1.32. The number of hydrogen-bond acceptors (Lipinski definition) is 8. The number of carbonyl (C=O) groups excluding carboxylic acids is 2. The van der Waals surface area contributed by atoms with E-state index < -0.39 is 23.3 Å². The van der Waals surface area contributed by atoms with Crippen molar-refractivity contribution in [2.45, 2.75) is 24.4 Å². The van der Waals surface area contributed by atoms with E-state index in [0.29, 0.717) is 22.8 Å². The number of β-lactam (4-membered cyclic amide) rings is 1. The fourth-order valence-electron chi connectivity index (χ4n) is 4.42. The summed E-state index contributed by atoms with van der Waals surface area (Å²) in [5, 5.41) is 23.0. The Morgan fingerprint density at radius 1 is 1.13 bits per heavy atom. The molecule has 2 aliphatic heterocycles. The summed E-state index contributed by atoms with van der Waals surface area (Å²) in [7, 11) is 3.93. The van der Waals surface area contributed by atoms with Crippen LogP contribution in [0.3, 0.4) is 0 Å². The number of aromatic nitrogens is 1.